The molecule has 4 heterocycles. The molecule has 2 saturated heterocycles. The minimum atomic E-state index is 0.108. The molecule has 2 aliphatic heterocycles. The standard InChI is InChI=1S/C16H20N4OS2/c21-16(19-5-8-22-9-6-19)12-2-1-4-20(10-12)15-14-13(3-7-23-14)17-11-18-15/h3,7,11-12H,1-2,4-6,8-10H2. The van der Waals surface area contributed by atoms with Crippen LogP contribution in [0.2, 0.25) is 0 Å². The van der Waals surface area contributed by atoms with Crippen LogP contribution in [0.3, 0.4) is 0 Å². The zero-order valence-corrected chi connectivity index (χ0v) is 14.6. The van der Waals surface area contributed by atoms with E-state index in [2.05, 4.69) is 25.1 Å². The van der Waals surface area contributed by atoms with Crippen LogP contribution in [0.15, 0.2) is 17.8 Å². The molecular formula is C16H20N4OS2. The number of hydrogen-bond donors (Lipinski definition) is 0. The molecule has 2 fully saturated rings. The maximum absolute atomic E-state index is 12.8. The van der Waals surface area contributed by atoms with Gasteiger partial charge in [0.2, 0.25) is 5.91 Å². The summed E-state index contributed by atoms with van der Waals surface area (Å²) >= 11 is 3.62. The van der Waals surface area contributed by atoms with Crippen LogP contribution < -0.4 is 4.90 Å². The summed E-state index contributed by atoms with van der Waals surface area (Å²) in [6.45, 7) is 3.57. The molecule has 1 unspecified atom stereocenters. The van der Waals surface area contributed by atoms with Gasteiger partial charge in [0.25, 0.3) is 0 Å². The number of hydrogen-bond acceptors (Lipinski definition) is 6. The van der Waals surface area contributed by atoms with Crippen LogP contribution in [0.25, 0.3) is 10.2 Å². The fourth-order valence-corrected chi connectivity index (χ4v) is 5.18. The Hall–Kier alpha value is -1.34. The molecule has 1 atom stereocenters. The highest BCUT2D eigenvalue weighted by Gasteiger charge is 2.31. The number of aromatic nitrogens is 2. The van der Waals surface area contributed by atoms with E-state index in [4.69, 9.17) is 0 Å². The van der Waals surface area contributed by atoms with Gasteiger partial charge in [0, 0.05) is 37.7 Å². The van der Waals surface area contributed by atoms with Crippen molar-refractivity contribution in [1.82, 2.24) is 14.9 Å². The Morgan fingerprint density at radius 2 is 2.09 bits per heavy atom. The number of piperidine rings is 1. The molecule has 2 aliphatic rings. The molecule has 0 radical (unpaired) electrons. The SMILES string of the molecule is O=C(C1CCCN(c2ncnc3ccsc23)C1)N1CCSCC1. The van der Waals surface area contributed by atoms with Crippen LogP contribution in [-0.4, -0.2) is 58.5 Å². The summed E-state index contributed by atoms with van der Waals surface area (Å²) in [6, 6.07) is 2.03. The van der Waals surface area contributed by atoms with Crippen LogP contribution >= 0.6 is 23.1 Å². The number of carbonyl (C=O) groups is 1. The predicted molar refractivity (Wildman–Crippen MR) is 96.3 cm³/mol. The molecule has 0 aliphatic carbocycles. The Balaban J connectivity index is 1.52. The maximum atomic E-state index is 12.8. The van der Waals surface area contributed by atoms with Crippen LogP contribution in [0, 0.1) is 5.92 Å². The lowest BCUT2D eigenvalue weighted by atomic mass is 9.96. The topological polar surface area (TPSA) is 49.3 Å². The van der Waals surface area contributed by atoms with E-state index in [1.165, 1.54) is 0 Å². The first-order valence-corrected chi connectivity index (χ1v) is 10.2. The Bertz CT molecular complexity index is 698. The molecular weight excluding hydrogens is 328 g/mol. The number of fused-ring (bicyclic) bond motifs is 1. The molecule has 122 valence electrons. The summed E-state index contributed by atoms with van der Waals surface area (Å²) in [5.41, 5.74) is 1.00. The number of anilines is 1. The van der Waals surface area contributed by atoms with E-state index in [9.17, 15) is 4.79 Å². The molecule has 7 heteroatoms. The van der Waals surface area contributed by atoms with E-state index < -0.39 is 0 Å². The molecule has 0 N–H and O–H groups in total. The summed E-state index contributed by atoms with van der Waals surface area (Å²) < 4.78 is 1.13. The summed E-state index contributed by atoms with van der Waals surface area (Å²) in [5.74, 6) is 3.59. The molecule has 23 heavy (non-hydrogen) atoms. The van der Waals surface area contributed by atoms with Gasteiger partial charge in [-0.05, 0) is 24.3 Å². The van der Waals surface area contributed by atoms with Crippen LogP contribution in [0.4, 0.5) is 5.82 Å². The number of nitrogens with zero attached hydrogens (tertiary/aromatic N) is 4. The van der Waals surface area contributed by atoms with Crippen molar-refractivity contribution >= 4 is 45.0 Å². The average molecular weight is 348 g/mol. The zero-order chi connectivity index (χ0) is 15.6. The van der Waals surface area contributed by atoms with Crippen LogP contribution in [-0.2, 0) is 4.79 Å². The van der Waals surface area contributed by atoms with Gasteiger partial charge in [-0.1, -0.05) is 0 Å². The first-order chi connectivity index (χ1) is 11.3. The highest BCUT2D eigenvalue weighted by Crippen LogP contribution is 2.31. The largest absolute Gasteiger partial charge is 0.355 e. The second kappa shape index (κ2) is 6.65. The van der Waals surface area contributed by atoms with Crippen molar-refractivity contribution in [3.8, 4) is 0 Å². The smallest absolute Gasteiger partial charge is 0.227 e. The first kappa shape index (κ1) is 15.2. The van der Waals surface area contributed by atoms with Crippen LogP contribution in [0.1, 0.15) is 12.8 Å². The summed E-state index contributed by atoms with van der Waals surface area (Å²) in [7, 11) is 0. The Labute approximate surface area is 144 Å². The van der Waals surface area contributed by atoms with Gasteiger partial charge in [0.1, 0.15) is 12.1 Å². The summed E-state index contributed by atoms with van der Waals surface area (Å²) in [5, 5.41) is 2.06. The van der Waals surface area contributed by atoms with Crippen molar-refractivity contribution in [2.45, 2.75) is 12.8 Å². The minimum Gasteiger partial charge on any atom is -0.355 e. The van der Waals surface area contributed by atoms with E-state index in [-0.39, 0.29) is 5.92 Å². The van der Waals surface area contributed by atoms with Crippen molar-refractivity contribution in [3.05, 3.63) is 17.8 Å². The maximum Gasteiger partial charge on any atom is 0.227 e. The molecule has 4 rings (SSSR count). The lowest BCUT2D eigenvalue weighted by Crippen LogP contribution is -2.47. The molecule has 0 bridgehead atoms. The van der Waals surface area contributed by atoms with E-state index in [0.717, 1.165) is 66.6 Å². The Morgan fingerprint density at radius 3 is 2.96 bits per heavy atom. The van der Waals surface area contributed by atoms with Gasteiger partial charge in [0.05, 0.1) is 16.1 Å². The molecule has 0 aromatic carbocycles. The lowest BCUT2D eigenvalue weighted by Gasteiger charge is -2.36. The highest BCUT2D eigenvalue weighted by atomic mass is 32.2. The Kier molecular flexibility index (Phi) is 4.39. The molecule has 5 nitrogen and oxygen atoms in total. The number of thiophene rings is 1. The number of thioether (sulfide) groups is 1. The average Bonchev–Trinajstić information content (AvgIpc) is 3.10. The molecule has 1 amide bonds. The zero-order valence-electron chi connectivity index (χ0n) is 13.0. The fraction of sp³-hybridized carbons (Fsp3) is 0.562. The first-order valence-electron chi connectivity index (χ1n) is 8.12. The van der Waals surface area contributed by atoms with E-state index in [1.807, 2.05) is 17.8 Å². The van der Waals surface area contributed by atoms with Gasteiger partial charge in [-0.3, -0.25) is 4.79 Å². The molecule has 2 aromatic heterocycles. The van der Waals surface area contributed by atoms with Gasteiger partial charge in [-0.2, -0.15) is 11.8 Å². The van der Waals surface area contributed by atoms with Gasteiger partial charge >= 0.3 is 0 Å². The third-order valence-corrected chi connectivity index (χ3v) is 6.46. The normalized spacial score (nSPS) is 22.5. The molecule has 2 aromatic rings. The molecule has 0 saturated carbocycles. The van der Waals surface area contributed by atoms with E-state index >= 15 is 0 Å². The predicted octanol–water partition coefficient (Wildman–Crippen LogP) is 2.48. The number of rotatable bonds is 2. The van der Waals surface area contributed by atoms with Gasteiger partial charge in [-0.25, -0.2) is 9.97 Å². The van der Waals surface area contributed by atoms with Crippen molar-refractivity contribution < 1.29 is 4.79 Å². The van der Waals surface area contributed by atoms with E-state index in [1.54, 1.807) is 17.7 Å². The summed E-state index contributed by atoms with van der Waals surface area (Å²) in [4.78, 5) is 26.0. The summed E-state index contributed by atoms with van der Waals surface area (Å²) in [6.07, 6.45) is 3.69. The number of amides is 1. The monoisotopic (exact) mass is 348 g/mol. The van der Waals surface area contributed by atoms with Gasteiger partial charge in [-0.15, -0.1) is 11.3 Å². The Morgan fingerprint density at radius 1 is 1.22 bits per heavy atom. The van der Waals surface area contributed by atoms with Crippen molar-refractivity contribution in [3.63, 3.8) is 0 Å². The van der Waals surface area contributed by atoms with Gasteiger partial charge in [0.15, 0.2) is 0 Å². The van der Waals surface area contributed by atoms with E-state index in [0.29, 0.717) is 5.91 Å². The quantitative estimate of drug-likeness (QED) is 0.834. The fourth-order valence-electron chi connectivity index (χ4n) is 3.41. The lowest BCUT2D eigenvalue weighted by molar-refractivity contribution is -0.135. The van der Waals surface area contributed by atoms with Gasteiger partial charge < -0.3 is 9.80 Å². The van der Waals surface area contributed by atoms with Crippen molar-refractivity contribution in [1.29, 1.82) is 0 Å². The second-order valence-corrected chi connectivity index (χ2v) is 8.20. The minimum absolute atomic E-state index is 0.108. The molecule has 0 spiro atoms. The number of carbonyl (C=O) groups excluding carboxylic acids is 1. The third kappa shape index (κ3) is 3.04. The van der Waals surface area contributed by atoms with Crippen molar-refractivity contribution in [2.75, 3.05) is 42.6 Å². The third-order valence-electron chi connectivity index (χ3n) is 4.62. The van der Waals surface area contributed by atoms with Crippen molar-refractivity contribution in [2.24, 2.45) is 5.92 Å². The van der Waals surface area contributed by atoms with Crippen LogP contribution in [0.5, 0.6) is 0 Å². The second-order valence-electron chi connectivity index (χ2n) is 6.06. The highest BCUT2D eigenvalue weighted by molar-refractivity contribution is 7.99.